The Kier molecular flexibility index (Phi) is 22.4. The van der Waals surface area contributed by atoms with E-state index in [2.05, 4.69) is 6.92 Å². The second kappa shape index (κ2) is 20.2. The van der Waals surface area contributed by atoms with Gasteiger partial charge in [0.25, 0.3) is 0 Å². The molecule has 0 fully saturated rings. The first-order chi connectivity index (χ1) is 12.4. The molecule has 0 rings (SSSR count). The van der Waals surface area contributed by atoms with E-state index in [0.29, 0.717) is 6.42 Å². The van der Waals surface area contributed by atoms with Crippen LogP contribution < -0.4 is 29.6 Å². The maximum absolute atomic E-state index is 10.8. The summed E-state index contributed by atoms with van der Waals surface area (Å²) in [5, 5.41) is 9.22. The maximum Gasteiger partial charge on any atom is 1.00 e. The zero-order chi connectivity index (χ0) is 19.7. The predicted molar refractivity (Wildman–Crippen MR) is 109 cm³/mol. The fraction of sp³-hybridized carbons (Fsp3) is 1.00. The van der Waals surface area contributed by atoms with Gasteiger partial charge in [-0.2, -0.15) is 0 Å². The van der Waals surface area contributed by atoms with Gasteiger partial charge in [-0.25, -0.2) is 8.42 Å². The minimum absolute atomic E-state index is 0. The Labute approximate surface area is 191 Å². The van der Waals surface area contributed by atoms with Crippen molar-refractivity contribution in [3.8, 4) is 0 Å². The average molecular weight is 415 g/mol. The van der Waals surface area contributed by atoms with Crippen molar-refractivity contribution in [1.82, 2.24) is 0 Å². The summed E-state index contributed by atoms with van der Waals surface area (Å²) in [6.45, 7) is 3.73. The zero-order valence-electron chi connectivity index (χ0n) is 18.3. The molecule has 0 aromatic heterocycles. The van der Waals surface area contributed by atoms with E-state index >= 15 is 0 Å². The van der Waals surface area contributed by atoms with Gasteiger partial charge in [-0.1, -0.05) is 96.8 Å². The van der Waals surface area contributed by atoms with Crippen molar-refractivity contribution in [2.24, 2.45) is 0 Å². The number of aliphatic hydroxyl groups is 1. The Morgan fingerprint density at radius 2 is 1.04 bits per heavy atom. The Balaban J connectivity index is 0. The Morgan fingerprint density at radius 1 is 0.704 bits per heavy atom. The van der Waals surface area contributed by atoms with Gasteiger partial charge in [-0.05, 0) is 26.2 Å². The number of hydrogen-bond donors (Lipinski definition) is 1. The fourth-order valence-corrected chi connectivity index (χ4v) is 3.78. The van der Waals surface area contributed by atoms with Gasteiger partial charge >= 0.3 is 29.6 Å². The van der Waals surface area contributed by atoms with Gasteiger partial charge in [0.2, 0.25) is 0 Å². The number of unbranched alkanes of at least 4 members (excludes halogenated alkanes) is 12. The predicted octanol–water partition coefficient (Wildman–Crippen LogP) is 2.94. The summed E-state index contributed by atoms with van der Waals surface area (Å²) in [4.78, 5) is 0. The molecule has 4 nitrogen and oxygen atoms in total. The molecule has 27 heavy (non-hydrogen) atoms. The summed E-state index contributed by atoms with van der Waals surface area (Å²) >= 11 is 0. The summed E-state index contributed by atoms with van der Waals surface area (Å²) in [6.07, 6.45) is 18.9. The van der Waals surface area contributed by atoms with Gasteiger partial charge in [-0.15, -0.1) is 0 Å². The van der Waals surface area contributed by atoms with Crippen LogP contribution >= 0.6 is 0 Å². The summed E-state index contributed by atoms with van der Waals surface area (Å²) in [5.74, 6) is 0. The van der Waals surface area contributed by atoms with E-state index in [1.807, 2.05) is 0 Å². The topological polar surface area (TPSA) is 77.4 Å². The summed E-state index contributed by atoms with van der Waals surface area (Å²) in [6, 6.07) is 0. The van der Waals surface area contributed by atoms with E-state index in [-0.39, 0.29) is 35.7 Å². The van der Waals surface area contributed by atoms with Gasteiger partial charge in [0.1, 0.15) is 0 Å². The van der Waals surface area contributed by atoms with Gasteiger partial charge in [0.15, 0.2) is 0 Å². The summed E-state index contributed by atoms with van der Waals surface area (Å²) in [7, 11) is -4.10. The number of aliphatic hydroxyl groups excluding tert-OH is 1. The van der Waals surface area contributed by atoms with Crippen LogP contribution in [0.5, 0.6) is 0 Å². The molecule has 158 valence electrons. The molecular formula is C21H43NaO4S. The third kappa shape index (κ3) is 21.4. The zero-order valence-corrected chi connectivity index (χ0v) is 21.1. The van der Waals surface area contributed by atoms with Crippen LogP contribution in [0.3, 0.4) is 0 Å². The van der Waals surface area contributed by atoms with Crippen LogP contribution in [-0.4, -0.2) is 29.4 Å². The average Bonchev–Trinajstić information content (AvgIpc) is 2.58. The molecule has 0 amide bonds. The van der Waals surface area contributed by atoms with E-state index in [0.717, 1.165) is 38.5 Å². The van der Waals surface area contributed by atoms with Crippen LogP contribution in [-0.2, 0) is 10.1 Å². The van der Waals surface area contributed by atoms with Gasteiger partial charge in [-0.3, -0.25) is 0 Å². The molecule has 2 atom stereocenters. The van der Waals surface area contributed by atoms with Crippen LogP contribution in [0.1, 0.15) is 123 Å². The first kappa shape index (κ1) is 30.1. The van der Waals surface area contributed by atoms with Crippen molar-refractivity contribution < 1.29 is 47.6 Å². The quantitative estimate of drug-likeness (QED) is 0.200. The molecule has 0 aromatic rings. The van der Waals surface area contributed by atoms with Gasteiger partial charge in [0, 0.05) is 5.25 Å². The molecule has 0 saturated heterocycles. The summed E-state index contributed by atoms with van der Waals surface area (Å²) in [5.41, 5.74) is 0. The van der Waals surface area contributed by atoms with E-state index in [1.54, 1.807) is 0 Å². The SMILES string of the molecule is CCCCCCCC(O)CCCCCCCCCCCC(C)S(=O)(=O)[O-].[Na+]. The standard InChI is InChI=1S/C21H44O4S.Na/c1-3-4-5-11-15-18-21(22)19-16-13-10-8-6-7-9-12-14-17-20(2)26(23,24)25;/h20-22H,3-19H2,1-2H3,(H,23,24,25);/q;+1/p-1. The molecule has 1 N–H and O–H groups in total. The van der Waals surface area contributed by atoms with Crippen LogP contribution in [0.15, 0.2) is 0 Å². The summed E-state index contributed by atoms with van der Waals surface area (Å²) < 4.78 is 32.3. The molecule has 0 aliphatic carbocycles. The second-order valence-electron chi connectivity index (χ2n) is 7.92. The Morgan fingerprint density at radius 3 is 1.41 bits per heavy atom. The normalized spacial score (nSPS) is 13.9. The molecule has 0 aliphatic heterocycles. The van der Waals surface area contributed by atoms with Gasteiger partial charge < -0.3 is 9.66 Å². The Hall–Kier alpha value is 0.870. The van der Waals surface area contributed by atoms with Crippen molar-refractivity contribution in [1.29, 1.82) is 0 Å². The largest absolute Gasteiger partial charge is 1.00 e. The molecule has 2 unspecified atom stereocenters. The van der Waals surface area contributed by atoms with Crippen molar-refractivity contribution in [2.45, 2.75) is 134 Å². The van der Waals surface area contributed by atoms with Crippen molar-refractivity contribution >= 4 is 10.1 Å². The maximum atomic E-state index is 10.8. The monoisotopic (exact) mass is 414 g/mol. The molecule has 0 heterocycles. The Bertz CT molecular complexity index is 401. The molecule has 0 bridgehead atoms. The van der Waals surface area contributed by atoms with Crippen LogP contribution in [0.2, 0.25) is 0 Å². The molecule has 0 radical (unpaired) electrons. The van der Waals surface area contributed by atoms with Crippen LogP contribution in [0.25, 0.3) is 0 Å². The van der Waals surface area contributed by atoms with Crippen LogP contribution in [0.4, 0.5) is 0 Å². The fourth-order valence-electron chi connectivity index (χ4n) is 3.32. The smallest absolute Gasteiger partial charge is 0.748 e. The van der Waals surface area contributed by atoms with E-state index < -0.39 is 15.4 Å². The molecule has 0 aromatic carbocycles. The van der Waals surface area contributed by atoms with Crippen molar-refractivity contribution in [3.05, 3.63) is 0 Å². The third-order valence-electron chi connectivity index (χ3n) is 5.28. The second-order valence-corrected chi connectivity index (χ2v) is 9.71. The minimum atomic E-state index is -4.10. The molecule has 0 saturated carbocycles. The minimum Gasteiger partial charge on any atom is -0.748 e. The molecule has 0 aliphatic rings. The molecule has 0 spiro atoms. The van der Waals surface area contributed by atoms with Crippen LogP contribution in [0, 0.1) is 0 Å². The van der Waals surface area contributed by atoms with Crippen molar-refractivity contribution in [3.63, 3.8) is 0 Å². The molecular weight excluding hydrogens is 371 g/mol. The third-order valence-corrected chi connectivity index (χ3v) is 6.50. The van der Waals surface area contributed by atoms with Crippen molar-refractivity contribution in [2.75, 3.05) is 0 Å². The first-order valence-electron chi connectivity index (χ1n) is 11.0. The van der Waals surface area contributed by atoms with Gasteiger partial charge in [0.05, 0.1) is 16.2 Å². The van der Waals surface area contributed by atoms with E-state index in [9.17, 15) is 18.1 Å². The number of hydrogen-bond acceptors (Lipinski definition) is 4. The number of rotatable bonds is 19. The van der Waals surface area contributed by atoms with E-state index in [4.69, 9.17) is 0 Å². The molecule has 6 heteroatoms. The first-order valence-corrected chi connectivity index (χ1v) is 12.5. The van der Waals surface area contributed by atoms with E-state index in [1.165, 1.54) is 71.1 Å².